The highest BCUT2D eigenvalue weighted by molar-refractivity contribution is 7.88. The number of anilines is 1. The number of rotatable bonds is 6. The highest BCUT2D eigenvalue weighted by Gasteiger charge is 2.22. The molecule has 0 atom stereocenters. The number of carbonyl (C=O) groups excluding carboxylic acids is 2. The average molecular weight is 481 g/mol. The third kappa shape index (κ3) is 4.49. The first kappa shape index (κ1) is 23.7. The summed E-state index contributed by atoms with van der Waals surface area (Å²) >= 11 is 0. The van der Waals surface area contributed by atoms with Crippen LogP contribution in [0, 0.1) is 6.92 Å². The number of fused-ring (bicyclic) bond motifs is 1. The summed E-state index contributed by atoms with van der Waals surface area (Å²) in [5.74, 6) is -0.600. The standard InChI is InChI=1S/C25H28N4O4S/c1-4-23(30)27-21-7-5-6-17(15(21)2)18-8-9-19(25(26)31)24-20(18)14-22(28-24)16-10-12-29(13-11-16)34(3,32)33/h5-10,14,28H,4,11-13H2,1-3H3,(H2,26,31)(H,27,30). The van der Waals surface area contributed by atoms with Crippen LogP contribution in [-0.4, -0.2) is 48.9 Å². The van der Waals surface area contributed by atoms with Gasteiger partial charge < -0.3 is 16.0 Å². The number of nitrogens with two attached hydrogens (primary N) is 1. The first-order valence-electron chi connectivity index (χ1n) is 11.1. The Balaban J connectivity index is 1.83. The van der Waals surface area contributed by atoms with E-state index in [0.717, 1.165) is 39.0 Å². The van der Waals surface area contributed by atoms with Gasteiger partial charge in [-0.2, -0.15) is 4.31 Å². The molecule has 3 aromatic rings. The van der Waals surface area contributed by atoms with Crippen molar-refractivity contribution in [3.63, 3.8) is 0 Å². The number of amides is 2. The van der Waals surface area contributed by atoms with E-state index in [1.165, 1.54) is 10.6 Å². The molecule has 2 amide bonds. The lowest BCUT2D eigenvalue weighted by Gasteiger charge is -2.23. The van der Waals surface area contributed by atoms with Gasteiger partial charge in [0, 0.05) is 36.3 Å². The van der Waals surface area contributed by atoms with E-state index in [1.807, 2.05) is 43.3 Å². The third-order valence-corrected chi connectivity index (χ3v) is 7.53. The minimum Gasteiger partial charge on any atom is -0.366 e. The first-order chi connectivity index (χ1) is 16.1. The minimum absolute atomic E-state index is 0.0641. The smallest absolute Gasteiger partial charge is 0.250 e. The Bertz CT molecular complexity index is 1440. The maximum absolute atomic E-state index is 12.1. The van der Waals surface area contributed by atoms with Crippen LogP contribution in [-0.2, 0) is 14.8 Å². The molecule has 178 valence electrons. The van der Waals surface area contributed by atoms with Crippen molar-refractivity contribution in [1.82, 2.24) is 9.29 Å². The van der Waals surface area contributed by atoms with Gasteiger partial charge in [0.15, 0.2) is 0 Å². The Labute approximate surface area is 198 Å². The number of hydrogen-bond donors (Lipinski definition) is 3. The molecule has 0 radical (unpaired) electrons. The first-order valence-corrected chi connectivity index (χ1v) is 12.9. The van der Waals surface area contributed by atoms with Crippen molar-refractivity contribution < 1.29 is 18.0 Å². The molecule has 4 rings (SSSR count). The molecule has 1 aliphatic rings. The van der Waals surface area contributed by atoms with Crippen LogP contribution < -0.4 is 11.1 Å². The van der Waals surface area contributed by atoms with Crippen LogP contribution in [0.4, 0.5) is 5.69 Å². The molecule has 4 N–H and O–H groups in total. The Morgan fingerprint density at radius 3 is 2.56 bits per heavy atom. The highest BCUT2D eigenvalue weighted by Crippen LogP contribution is 2.37. The second kappa shape index (κ2) is 9.08. The van der Waals surface area contributed by atoms with Gasteiger partial charge in [-0.1, -0.05) is 31.2 Å². The monoisotopic (exact) mass is 480 g/mol. The van der Waals surface area contributed by atoms with Gasteiger partial charge in [-0.05, 0) is 53.8 Å². The Kier molecular flexibility index (Phi) is 6.33. The molecule has 8 nitrogen and oxygen atoms in total. The SMILES string of the molecule is CCC(=O)Nc1cccc(-c2ccc(C(N)=O)c3[nH]c(C4=CCN(S(C)(=O)=O)CC4)cc23)c1C. The number of H-pyrrole nitrogens is 1. The van der Waals surface area contributed by atoms with E-state index in [9.17, 15) is 18.0 Å². The second-order valence-electron chi connectivity index (χ2n) is 8.48. The van der Waals surface area contributed by atoms with E-state index < -0.39 is 15.9 Å². The number of aromatic nitrogens is 1. The predicted molar refractivity (Wildman–Crippen MR) is 135 cm³/mol. The summed E-state index contributed by atoms with van der Waals surface area (Å²) in [7, 11) is -3.25. The molecule has 0 bridgehead atoms. The zero-order valence-corrected chi connectivity index (χ0v) is 20.3. The number of carbonyl (C=O) groups is 2. The summed E-state index contributed by atoms with van der Waals surface area (Å²) < 4.78 is 25.1. The summed E-state index contributed by atoms with van der Waals surface area (Å²) in [6.45, 7) is 4.45. The van der Waals surface area contributed by atoms with Crippen molar-refractivity contribution in [3.8, 4) is 11.1 Å². The summed E-state index contributed by atoms with van der Waals surface area (Å²) in [6, 6.07) is 11.3. The van der Waals surface area contributed by atoms with Crippen molar-refractivity contribution in [2.75, 3.05) is 24.7 Å². The quantitative estimate of drug-likeness (QED) is 0.498. The van der Waals surface area contributed by atoms with Gasteiger partial charge in [-0.15, -0.1) is 0 Å². The van der Waals surface area contributed by atoms with Crippen LogP contribution in [0.25, 0.3) is 27.6 Å². The third-order valence-electron chi connectivity index (χ3n) is 6.27. The van der Waals surface area contributed by atoms with E-state index in [2.05, 4.69) is 10.3 Å². The van der Waals surface area contributed by atoms with Gasteiger partial charge in [0.05, 0.1) is 17.3 Å². The molecule has 2 heterocycles. The zero-order valence-electron chi connectivity index (χ0n) is 19.4. The van der Waals surface area contributed by atoms with Crippen molar-refractivity contribution in [3.05, 3.63) is 59.3 Å². The molecule has 34 heavy (non-hydrogen) atoms. The summed E-state index contributed by atoms with van der Waals surface area (Å²) in [6.07, 6.45) is 4.04. The number of nitrogens with one attached hydrogen (secondary N) is 2. The molecule has 1 aliphatic heterocycles. The van der Waals surface area contributed by atoms with Gasteiger partial charge in [0.1, 0.15) is 0 Å². The fourth-order valence-electron chi connectivity index (χ4n) is 4.33. The van der Waals surface area contributed by atoms with E-state index in [0.29, 0.717) is 37.0 Å². The van der Waals surface area contributed by atoms with E-state index in [-0.39, 0.29) is 5.91 Å². The van der Waals surface area contributed by atoms with E-state index >= 15 is 0 Å². The van der Waals surface area contributed by atoms with Crippen LogP contribution in [0.3, 0.4) is 0 Å². The van der Waals surface area contributed by atoms with Gasteiger partial charge in [-0.25, -0.2) is 8.42 Å². The Hall–Kier alpha value is -3.43. The molecule has 1 aromatic heterocycles. The molecular weight excluding hydrogens is 452 g/mol. The summed E-state index contributed by atoms with van der Waals surface area (Å²) in [5, 5.41) is 3.77. The Morgan fingerprint density at radius 2 is 1.94 bits per heavy atom. The van der Waals surface area contributed by atoms with Gasteiger partial charge >= 0.3 is 0 Å². The van der Waals surface area contributed by atoms with Gasteiger partial charge in [0.25, 0.3) is 5.91 Å². The van der Waals surface area contributed by atoms with Gasteiger partial charge in [-0.3, -0.25) is 9.59 Å². The molecule has 0 spiro atoms. The Morgan fingerprint density at radius 1 is 1.18 bits per heavy atom. The largest absolute Gasteiger partial charge is 0.366 e. The second-order valence-corrected chi connectivity index (χ2v) is 10.5. The van der Waals surface area contributed by atoms with Gasteiger partial charge in [0.2, 0.25) is 15.9 Å². The molecule has 9 heteroatoms. The van der Waals surface area contributed by atoms with E-state index in [1.54, 1.807) is 13.0 Å². The molecule has 0 saturated heterocycles. The van der Waals surface area contributed by atoms with E-state index in [4.69, 9.17) is 5.73 Å². The molecular formula is C25H28N4O4S. The van der Waals surface area contributed by atoms with Crippen LogP contribution in [0.1, 0.15) is 41.4 Å². The fourth-order valence-corrected chi connectivity index (χ4v) is 5.10. The lowest BCUT2D eigenvalue weighted by Crippen LogP contribution is -2.33. The number of aromatic amines is 1. The summed E-state index contributed by atoms with van der Waals surface area (Å²) in [5.41, 5.74) is 12.0. The number of hydrogen-bond acceptors (Lipinski definition) is 4. The summed E-state index contributed by atoms with van der Waals surface area (Å²) in [4.78, 5) is 27.5. The molecule has 2 aromatic carbocycles. The highest BCUT2D eigenvalue weighted by atomic mass is 32.2. The molecule has 0 unspecified atom stereocenters. The topological polar surface area (TPSA) is 125 Å². The zero-order chi connectivity index (χ0) is 24.6. The maximum Gasteiger partial charge on any atom is 0.250 e. The van der Waals surface area contributed by atoms with Crippen LogP contribution in [0.15, 0.2) is 42.5 Å². The van der Waals surface area contributed by atoms with Crippen molar-refractivity contribution in [2.45, 2.75) is 26.7 Å². The van der Waals surface area contributed by atoms with Crippen LogP contribution in [0.5, 0.6) is 0 Å². The van der Waals surface area contributed by atoms with Crippen LogP contribution >= 0.6 is 0 Å². The fraction of sp³-hybridized carbons (Fsp3) is 0.280. The number of sulfonamides is 1. The lowest BCUT2D eigenvalue weighted by molar-refractivity contribution is -0.115. The lowest BCUT2D eigenvalue weighted by atomic mass is 9.94. The molecule has 0 aliphatic carbocycles. The minimum atomic E-state index is -3.25. The molecule has 0 fully saturated rings. The normalized spacial score (nSPS) is 14.7. The number of benzene rings is 2. The molecule has 0 saturated carbocycles. The van der Waals surface area contributed by atoms with Crippen molar-refractivity contribution in [2.24, 2.45) is 5.73 Å². The average Bonchev–Trinajstić information content (AvgIpc) is 3.24. The van der Waals surface area contributed by atoms with Crippen LogP contribution in [0.2, 0.25) is 0 Å². The predicted octanol–water partition coefficient (Wildman–Crippen LogP) is 3.64. The number of primary amides is 1. The van der Waals surface area contributed by atoms with Crippen molar-refractivity contribution in [1.29, 1.82) is 0 Å². The maximum atomic E-state index is 12.1. The van der Waals surface area contributed by atoms with Crippen molar-refractivity contribution >= 4 is 44.0 Å². The number of nitrogens with zero attached hydrogens (tertiary/aromatic N) is 1.